The molecule has 1 aliphatic rings. The van der Waals surface area contributed by atoms with E-state index in [0.29, 0.717) is 11.3 Å². The normalized spacial score (nSPS) is 16.0. The van der Waals surface area contributed by atoms with Gasteiger partial charge in [0.1, 0.15) is 17.7 Å². The van der Waals surface area contributed by atoms with Crippen LogP contribution in [0.25, 0.3) is 0 Å². The summed E-state index contributed by atoms with van der Waals surface area (Å²) in [5.41, 5.74) is 2.88. The molecule has 26 heavy (non-hydrogen) atoms. The minimum Gasteiger partial charge on any atom is -0.497 e. The van der Waals surface area contributed by atoms with Gasteiger partial charge in [0, 0.05) is 11.4 Å². The monoisotopic (exact) mass is 348 g/mol. The van der Waals surface area contributed by atoms with Crippen LogP contribution in [0.3, 0.4) is 0 Å². The number of carbonyl (C=O) groups excluding carboxylic acids is 1. The van der Waals surface area contributed by atoms with E-state index in [1.807, 2.05) is 42.5 Å². The van der Waals surface area contributed by atoms with E-state index in [1.165, 1.54) is 12.1 Å². The smallest absolute Gasteiger partial charge is 0.262 e. The van der Waals surface area contributed by atoms with Gasteiger partial charge in [-0.2, -0.15) is 0 Å². The van der Waals surface area contributed by atoms with E-state index in [1.54, 1.807) is 30.2 Å². The lowest BCUT2D eigenvalue weighted by Crippen LogP contribution is -2.43. The fourth-order valence-electron chi connectivity index (χ4n) is 3.14. The average Bonchev–Trinajstić information content (AvgIpc) is 2.69. The number of halogens is 1. The summed E-state index contributed by atoms with van der Waals surface area (Å²) in [4.78, 5) is 14.8. The molecule has 1 unspecified atom stereocenters. The maximum atomic E-state index is 13.4. The molecule has 5 heteroatoms. The third-order valence-electron chi connectivity index (χ3n) is 4.46. The molecule has 0 saturated heterocycles. The molecular weight excluding hydrogens is 331 g/mol. The molecule has 0 aromatic heterocycles. The lowest BCUT2D eigenvalue weighted by Gasteiger charge is -2.38. The van der Waals surface area contributed by atoms with Gasteiger partial charge in [-0.15, -0.1) is 0 Å². The minimum atomic E-state index is -0.409. The second-order valence-electron chi connectivity index (χ2n) is 6.02. The van der Waals surface area contributed by atoms with E-state index >= 15 is 0 Å². The summed E-state index contributed by atoms with van der Waals surface area (Å²) >= 11 is 0. The van der Waals surface area contributed by atoms with Crippen LogP contribution in [0.1, 0.15) is 22.1 Å². The molecular formula is C21H17FN2O2. The van der Waals surface area contributed by atoms with Crippen molar-refractivity contribution in [2.45, 2.75) is 6.17 Å². The van der Waals surface area contributed by atoms with Crippen molar-refractivity contribution in [2.24, 2.45) is 0 Å². The summed E-state index contributed by atoms with van der Waals surface area (Å²) in [6, 6.07) is 20.8. The maximum Gasteiger partial charge on any atom is 0.262 e. The first-order valence-electron chi connectivity index (χ1n) is 8.26. The Balaban J connectivity index is 1.82. The van der Waals surface area contributed by atoms with Crippen LogP contribution in [0.15, 0.2) is 72.8 Å². The Morgan fingerprint density at radius 2 is 1.65 bits per heavy atom. The van der Waals surface area contributed by atoms with E-state index < -0.39 is 6.17 Å². The molecule has 4 rings (SSSR count). The zero-order valence-corrected chi connectivity index (χ0v) is 14.1. The van der Waals surface area contributed by atoms with Gasteiger partial charge in [-0.25, -0.2) is 4.39 Å². The van der Waals surface area contributed by atoms with Crippen molar-refractivity contribution in [3.05, 3.63) is 89.7 Å². The van der Waals surface area contributed by atoms with E-state index in [4.69, 9.17) is 4.74 Å². The summed E-state index contributed by atoms with van der Waals surface area (Å²) < 4.78 is 18.6. The van der Waals surface area contributed by atoms with Gasteiger partial charge in [0.05, 0.1) is 12.7 Å². The number of ether oxygens (including phenoxy) is 1. The molecule has 1 heterocycles. The van der Waals surface area contributed by atoms with Crippen molar-refractivity contribution in [1.82, 2.24) is 0 Å². The van der Waals surface area contributed by atoms with Crippen LogP contribution < -0.4 is 15.0 Å². The third kappa shape index (κ3) is 2.77. The predicted molar refractivity (Wildman–Crippen MR) is 99.0 cm³/mol. The van der Waals surface area contributed by atoms with Gasteiger partial charge in [0.2, 0.25) is 0 Å². The fraction of sp³-hybridized carbons (Fsp3) is 0.0952. The number of methoxy groups -OCH3 is 1. The van der Waals surface area contributed by atoms with Crippen molar-refractivity contribution in [2.75, 3.05) is 17.3 Å². The molecule has 1 amide bonds. The highest BCUT2D eigenvalue weighted by Crippen LogP contribution is 2.36. The van der Waals surface area contributed by atoms with Crippen LogP contribution >= 0.6 is 0 Å². The Morgan fingerprint density at radius 1 is 0.962 bits per heavy atom. The maximum absolute atomic E-state index is 13.4. The zero-order chi connectivity index (χ0) is 18.1. The quantitative estimate of drug-likeness (QED) is 0.752. The largest absolute Gasteiger partial charge is 0.497 e. The highest BCUT2D eigenvalue weighted by Gasteiger charge is 2.33. The highest BCUT2D eigenvalue weighted by atomic mass is 19.1. The van der Waals surface area contributed by atoms with Crippen molar-refractivity contribution < 1.29 is 13.9 Å². The van der Waals surface area contributed by atoms with Gasteiger partial charge >= 0.3 is 0 Å². The Labute approximate surface area is 150 Å². The SMILES string of the molecule is COc1ccc(C2Nc3ccccc3C(=O)N2c2ccc(F)cc2)cc1. The molecule has 130 valence electrons. The Morgan fingerprint density at radius 3 is 2.35 bits per heavy atom. The van der Waals surface area contributed by atoms with Gasteiger partial charge in [-0.05, 0) is 54.1 Å². The van der Waals surface area contributed by atoms with Crippen LogP contribution in [0.2, 0.25) is 0 Å². The number of hydrogen-bond acceptors (Lipinski definition) is 3. The molecule has 1 N–H and O–H groups in total. The number of hydrogen-bond donors (Lipinski definition) is 1. The van der Waals surface area contributed by atoms with E-state index in [9.17, 15) is 9.18 Å². The van der Waals surface area contributed by atoms with Crippen LogP contribution in [-0.4, -0.2) is 13.0 Å². The number of nitrogens with zero attached hydrogens (tertiary/aromatic N) is 1. The molecule has 0 saturated carbocycles. The molecule has 4 nitrogen and oxygen atoms in total. The number of fused-ring (bicyclic) bond motifs is 1. The molecule has 1 atom stereocenters. The van der Waals surface area contributed by atoms with Crippen molar-refractivity contribution >= 4 is 17.3 Å². The molecule has 3 aromatic carbocycles. The van der Waals surface area contributed by atoms with Crippen molar-refractivity contribution in [1.29, 1.82) is 0 Å². The third-order valence-corrected chi connectivity index (χ3v) is 4.46. The number of amides is 1. The number of carbonyl (C=O) groups is 1. The summed E-state index contributed by atoms with van der Waals surface area (Å²) in [5, 5.41) is 3.41. The van der Waals surface area contributed by atoms with Crippen LogP contribution in [0, 0.1) is 5.82 Å². The van der Waals surface area contributed by atoms with Crippen LogP contribution in [0.4, 0.5) is 15.8 Å². The number of nitrogens with one attached hydrogen (secondary N) is 1. The van der Waals surface area contributed by atoms with Gasteiger partial charge in [-0.3, -0.25) is 9.69 Å². The Kier molecular flexibility index (Phi) is 4.05. The molecule has 3 aromatic rings. The summed E-state index contributed by atoms with van der Waals surface area (Å²) in [6.45, 7) is 0. The van der Waals surface area contributed by atoms with E-state index in [-0.39, 0.29) is 11.7 Å². The van der Waals surface area contributed by atoms with Crippen LogP contribution in [0.5, 0.6) is 5.75 Å². The summed E-state index contributed by atoms with van der Waals surface area (Å²) in [6.07, 6.45) is -0.409. The first kappa shape index (κ1) is 16.1. The van der Waals surface area contributed by atoms with Gasteiger partial charge in [0.15, 0.2) is 0 Å². The number of rotatable bonds is 3. The second kappa shape index (κ2) is 6.52. The topological polar surface area (TPSA) is 41.6 Å². The Bertz CT molecular complexity index is 939. The zero-order valence-electron chi connectivity index (χ0n) is 14.1. The van der Waals surface area contributed by atoms with Gasteiger partial charge in [-0.1, -0.05) is 24.3 Å². The van der Waals surface area contributed by atoms with Gasteiger partial charge in [0.25, 0.3) is 5.91 Å². The standard InChI is InChI=1S/C21H17FN2O2/c1-26-17-12-6-14(7-13-17)20-23-19-5-3-2-4-18(19)21(25)24(20)16-10-8-15(22)9-11-16/h2-13,20,23H,1H3. The second-order valence-corrected chi connectivity index (χ2v) is 6.02. The first-order valence-corrected chi connectivity index (χ1v) is 8.26. The summed E-state index contributed by atoms with van der Waals surface area (Å²) in [5.74, 6) is 0.268. The van der Waals surface area contributed by atoms with Crippen LogP contribution in [-0.2, 0) is 0 Å². The van der Waals surface area contributed by atoms with Crippen molar-refractivity contribution in [3.8, 4) is 5.75 Å². The van der Waals surface area contributed by atoms with E-state index in [0.717, 1.165) is 17.0 Å². The number of anilines is 2. The fourth-order valence-corrected chi connectivity index (χ4v) is 3.14. The molecule has 0 bridgehead atoms. The lowest BCUT2D eigenvalue weighted by molar-refractivity contribution is 0.0975. The molecule has 1 aliphatic heterocycles. The first-order chi connectivity index (χ1) is 12.7. The lowest BCUT2D eigenvalue weighted by atomic mass is 10.0. The predicted octanol–water partition coefficient (Wildman–Crippen LogP) is 4.61. The minimum absolute atomic E-state index is 0.133. The molecule has 0 fully saturated rings. The molecule has 0 radical (unpaired) electrons. The summed E-state index contributed by atoms with van der Waals surface area (Å²) in [7, 11) is 1.61. The average molecular weight is 348 g/mol. The highest BCUT2D eigenvalue weighted by molar-refractivity contribution is 6.12. The Hall–Kier alpha value is -3.34. The molecule has 0 aliphatic carbocycles. The van der Waals surface area contributed by atoms with Gasteiger partial charge < -0.3 is 10.1 Å². The van der Waals surface area contributed by atoms with E-state index in [2.05, 4.69) is 5.32 Å². The molecule has 0 spiro atoms. The number of benzene rings is 3. The number of para-hydroxylation sites is 1. The van der Waals surface area contributed by atoms with Crippen molar-refractivity contribution in [3.63, 3.8) is 0 Å².